The minimum Gasteiger partial charge on any atom is -0.507 e. The van der Waals surface area contributed by atoms with Gasteiger partial charge in [0.15, 0.2) is 21.3 Å². The van der Waals surface area contributed by atoms with Crippen molar-refractivity contribution < 1.29 is 27.8 Å². The van der Waals surface area contributed by atoms with Gasteiger partial charge in [-0.15, -0.1) is 0 Å². The summed E-state index contributed by atoms with van der Waals surface area (Å²) in [6, 6.07) is 11.3. The highest BCUT2D eigenvalue weighted by atomic mass is 32.2. The lowest BCUT2D eigenvalue weighted by molar-refractivity contribution is 0.0677. The molecule has 2 N–H and O–H groups in total. The van der Waals surface area contributed by atoms with Crippen molar-refractivity contribution in [1.82, 2.24) is 15.1 Å². The Hall–Kier alpha value is -3.53. The molecule has 2 unspecified atom stereocenters. The monoisotopic (exact) mass is 511 g/mol. The van der Waals surface area contributed by atoms with Gasteiger partial charge in [-0.05, 0) is 49.6 Å². The van der Waals surface area contributed by atoms with Gasteiger partial charge in [0.05, 0.1) is 30.8 Å². The predicted octanol–water partition coefficient (Wildman–Crippen LogP) is 3.70. The van der Waals surface area contributed by atoms with Crippen molar-refractivity contribution in [1.29, 1.82) is 0 Å². The minimum absolute atomic E-state index is 0.0400. The number of fused-ring (bicyclic) bond motifs is 1. The van der Waals surface area contributed by atoms with E-state index in [4.69, 9.17) is 9.47 Å². The topological polar surface area (TPSA) is 122 Å². The molecule has 5 rings (SSSR count). The van der Waals surface area contributed by atoms with Crippen LogP contribution in [0.2, 0.25) is 0 Å². The highest BCUT2D eigenvalue weighted by Crippen LogP contribution is 2.47. The number of para-hydroxylation sites is 1. The van der Waals surface area contributed by atoms with Crippen molar-refractivity contribution in [3.8, 4) is 28.5 Å². The number of aromatic amines is 1. The molecule has 2 aromatic carbocycles. The van der Waals surface area contributed by atoms with Crippen LogP contribution in [0, 0.1) is 0 Å². The first kappa shape index (κ1) is 24.2. The first-order chi connectivity index (χ1) is 17.3. The summed E-state index contributed by atoms with van der Waals surface area (Å²) in [7, 11) is -3.24. The number of hydrogen-bond acceptors (Lipinski definition) is 7. The Morgan fingerprint density at radius 3 is 2.64 bits per heavy atom. The maximum Gasteiger partial charge on any atom is 0.273 e. The fourth-order valence-electron chi connectivity index (χ4n) is 5.04. The molecule has 0 bridgehead atoms. The van der Waals surface area contributed by atoms with Crippen LogP contribution >= 0.6 is 0 Å². The van der Waals surface area contributed by atoms with Gasteiger partial charge in [0.25, 0.3) is 5.91 Å². The summed E-state index contributed by atoms with van der Waals surface area (Å²) in [4.78, 5) is 15.3. The van der Waals surface area contributed by atoms with Crippen LogP contribution in [0.15, 0.2) is 42.5 Å². The molecule has 0 aliphatic carbocycles. The quantitative estimate of drug-likeness (QED) is 0.473. The Balaban J connectivity index is 1.67. The summed E-state index contributed by atoms with van der Waals surface area (Å²) in [5, 5.41) is 17.8. The molecular formula is C26H29N3O6S. The molecule has 2 atom stereocenters. The average Bonchev–Trinajstić information content (AvgIpc) is 3.52. The molecule has 2 aliphatic heterocycles. The minimum atomic E-state index is -3.24. The number of H-pyrrole nitrogens is 1. The third kappa shape index (κ3) is 4.19. The van der Waals surface area contributed by atoms with E-state index in [-0.39, 0.29) is 23.2 Å². The smallest absolute Gasteiger partial charge is 0.273 e. The van der Waals surface area contributed by atoms with Gasteiger partial charge < -0.3 is 19.5 Å². The zero-order valence-corrected chi connectivity index (χ0v) is 21.0. The summed E-state index contributed by atoms with van der Waals surface area (Å²) >= 11 is 0. The van der Waals surface area contributed by atoms with Crippen LogP contribution in [0.5, 0.6) is 17.2 Å². The summed E-state index contributed by atoms with van der Waals surface area (Å²) in [5.74, 6) is 0.843. The molecule has 0 saturated carbocycles. The van der Waals surface area contributed by atoms with E-state index in [1.54, 1.807) is 29.2 Å². The Kier molecular flexibility index (Phi) is 6.38. The number of carbonyl (C=O) groups is 1. The molecule has 1 aromatic heterocycles. The summed E-state index contributed by atoms with van der Waals surface area (Å²) < 4.78 is 36.4. The number of nitrogens with zero attached hydrogens (tertiary/aromatic N) is 2. The van der Waals surface area contributed by atoms with E-state index in [1.807, 2.05) is 32.0 Å². The molecule has 3 aromatic rings. The van der Waals surface area contributed by atoms with Crippen molar-refractivity contribution in [3.05, 3.63) is 59.3 Å². The number of sulfone groups is 1. The molecule has 36 heavy (non-hydrogen) atoms. The van der Waals surface area contributed by atoms with Crippen molar-refractivity contribution in [3.63, 3.8) is 0 Å². The number of carbonyl (C=O) groups excluding carboxylic acids is 1. The number of benzene rings is 2. The van der Waals surface area contributed by atoms with Gasteiger partial charge in [0, 0.05) is 17.2 Å². The number of phenolic OH excluding ortho intramolecular Hbond substituents is 1. The number of aromatic hydroxyl groups is 1. The molecule has 1 saturated heterocycles. The van der Waals surface area contributed by atoms with Crippen LogP contribution in [0.25, 0.3) is 11.3 Å². The molecule has 1 fully saturated rings. The Morgan fingerprint density at radius 2 is 1.94 bits per heavy atom. The van der Waals surface area contributed by atoms with Crippen LogP contribution in [0.1, 0.15) is 54.3 Å². The van der Waals surface area contributed by atoms with Crippen LogP contribution in [-0.2, 0) is 9.84 Å². The Bertz CT molecular complexity index is 1400. The fourth-order valence-corrected chi connectivity index (χ4v) is 6.75. The predicted molar refractivity (Wildman–Crippen MR) is 134 cm³/mol. The molecule has 0 radical (unpaired) electrons. The van der Waals surface area contributed by atoms with Gasteiger partial charge in [-0.25, -0.2) is 8.42 Å². The maximum atomic E-state index is 13.7. The van der Waals surface area contributed by atoms with E-state index in [2.05, 4.69) is 10.2 Å². The number of nitrogens with one attached hydrogen (secondary N) is 1. The lowest BCUT2D eigenvalue weighted by Crippen LogP contribution is -2.40. The number of phenols is 1. The van der Waals surface area contributed by atoms with Gasteiger partial charge in [-0.3, -0.25) is 9.89 Å². The molecule has 3 heterocycles. The highest BCUT2D eigenvalue weighted by molar-refractivity contribution is 7.91. The second-order valence-corrected chi connectivity index (χ2v) is 11.3. The first-order valence-corrected chi connectivity index (χ1v) is 14.0. The Labute approximate surface area is 210 Å². The maximum absolute atomic E-state index is 13.7. The number of hydrogen-bond donors (Lipinski definition) is 2. The number of rotatable bonds is 8. The Morgan fingerprint density at radius 1 is 1.14 bits per heavy atom. The van der Waals surface area contributed by atoms with Gasteiger partial charge >= 0.3 is 0 Å². The molecule has 2 aliphatic rings. The number of aromatic nitrogens is 2. The molecule has 190 valence electrons. The van der Waals surface area contributed by atoms with Crippen molar-refractivity contribution >= 4 is 15.7 Å². The fraction of sp³-hybridized carbons (Fsp3) is 0.385. The van der Waals surface area contributed by atoms with Crippen LogP contribution < -0.4 is 9.47 Å². The van der Waals surface area contributed by atoms with Crippen molar-refractivity contribution in [2.24, 2.45) is 0 Å². The van der Waals surface area contributed by atoms with Crippen LogP contribution in [0.4, 0.5) is 0 Å². The molecule has 1 amide bonds. The summed E-state index contributed by atoms with van der Waals surface area (Å²) in [5.41, 5.74) is 2.59. The van der Waals surface area contributed by atoms with Gasteiger partial charge in [0.1, 0.15) is 17.1 Å². The molecule has 0 spiro atoms. The second kappa shape index (κ2) is 9.50. The third-order valence-corrected chi connectivity index (χ3v) is 8.36. The van der Waals surface area contributed by atoms with Crippen LogP contribution in [-0.4, -0.2) is 65.3 Å². The zero-order chi connectivity index (χ0) is 25.4. The normalized spacial score (nSPS) is 20.5. The summed E-state index contributed by atoms with van der Waals surface area (Å²) in [6.07, 6.45) is 1.21. The highest BCUT2D eigenvalue weighted by Gasteiger charge is 2.48. The molecule has 10 heteroatoms. The second-order valence-electron chi connectivity index (χ2n) is 9.04. The summed E-state index contributed by atoms with van der Waals surface area (Å²) in [6.45, 7) is 4.87. The van der Waals surface area contributed by atoms with Gasteiger partial charge in [-0.2, -0.15) is 5.10 Å². The van der Waals surface area contributed by atoms with Crippen molar-refractivity contribution in [2.45, 2.75) is 38.8 Å². The SMILES string of the molecule is CCCOc1ccc(C2c3c(-c4ccccc4O)n[nH]c3C(=O)N2C2CCS(=O)(=O)C2)cc1OCC. The largest absolute Gasteiger partial charge is 0.507 e. The van der Waals surface area contributed by atoms with E-state index in [0.29, 0.717) is 53.6 Å². The lowest BCUT2D eigenvalue weighted by Gasteiger charge is -2.31. The van der Waals surface area contributed by atoms with Crippen molar-refractivity contribution in [2.75, 3.05) is 24.7 Å². The molecular weight excluding hydrogens is 482 g/mol. The van der Waals surface area contributed by atoms with E-state index >= 15 is 0 Å². The number of ether oxygens (including phenoxy) is 2. The lowest BCUT2D eigenvalue weighted by atomic mass is 9.94. The number of amides is 1. The van der Waals surface area contributed by atoms with E-state index in [9.17, 15) is 18.3 Å². The third-order valence-electron chi connectivity index (χ3n) is 6.61. The van der Waals surface area contributed by atoms with Gasteiger partial charge in [-0.1, -0.05) is 25.1 Å². The zero-order valence-electron chi connectivity index (χ0n) is 20.2. The average molecular weight is 512 g/mol. The van der Waals surface area contributed by atoms with Crippen LogP contribution in [0.3, 0.4) is 0 Å². The van der Waals surface area contributed by atoms with E-state index in [1.165, 1.54) is 0 Å². The van der Waals surface area contributed by atoms with E-state index in [0.717, 1.165) is 12.0 Å². The van der Waals surface area contributed by atoms with Gasteiger partial charge in [0.2, 0.25) is 0 Å². The van der Waals surface area contributed by atoms with E-state index < -0.39 is 21.9 Å². The first-order valence-electron chi connectivity index (χ1n) is 12.1. The standard InChI is InChI=1S/C26H29N3O6S/c1-3-12-35-20-10-9-16(14-21(20)34-4-2)25-22-23(18-7-5-6-8-19(18)30)27-28-24(22)26(31)29(25)17-11-13-36(32,33)15-17/h5-10,14,17,25,30H,3-4,11-13,15H2,1-2H3,(H,27,28). The molecule has 9 nitrogen and oxygen atoms in total.